The average Bonchev–Trinajstić information content (AvgIpc) is 2.88. The van der Waals surface area contributed by atoms with Gasteiger partial charge in [-0.05, 0) is 86.1 Å². The van der Waals surface area contributed by atoms with Crippen LogP contribution in [0.5, 0.6) is 0 Å². The summed E-state index contributed by atoms with van der Waals surface area (Å²) in [5.74, 6) is 0.638. The summed E-state index contributed by atoms with van der Waals surface area (Å²) >= 11 is 1.60. The van der Waals surface area contributed by atoms with E-state index in [1.165, 1.54) is 0 Å². The van der Waals surface area contributed by atoms with E-state index >= 15 is 0 Å². The monoisotopic (exact) mass is 532 g/mol. The Morgan fingerprint density at radius 2 is 1.89 bits per heavy atom. The molecule has 1 heterocycles. The van der Waals surface area contributed by atoms with Crippen molar-refractivity contribution < 1.29 is 24.5 Å². The highest BCUT2D eigenvalue weighted by Gasteiger charge is 2.60. The van der Waals surface area contributed by atoms with Crippen molar-refractivity contribution in [3.8, 4) is 0 Å². The fraction of sp³-hybridized carbons (Fsp3) is 0.724. The lowest BCUT2D eigenvalue weighted by Crippen LogP contribution is -2.61. The first kappa shape index (κ1) is 28.2. The van der Waals surface area contributed by atoms with Gasteiger partial charge in [-0.2, -0.15) is 0 Å². The third-order valence-electron chi connectivity index (χ3n) is 9.77. The van der Waals surface area contributed by atoms with Crippen LogP contribution >= 0.6 is 11.8 Å². The molecule has 8 heteroatoms. The summed E-state index contributed by atoms with van der Waals surface area (Å²) < 4.78 is 5.96. The van der Waals surface area contributed by atoms with Gasteiger partial charge in [-0.15, -0.1) is 11.8 Å². The smallest absolute Gasteiger partial charge is 0.411 e. The number of thioether (sulfide) groups is 1. The normalized spacial score (nSPS) is 34.5. The lowest BCUT2D eigenvalue weighted by molar-refractivity contribution is -0.186. The summed E-state index contributed by atoms with van der Waals surface area (Å²) in [5, 5.41) is 24.6. The molecule has 2 amide bonds. The van der Waals surface area contributed by atoms with Gasteiger partial charge in [0.2, 0.25) is 5.91 Å². The second-order valence-corrected chi connectivity index (χ2v) is 12.9. The van der Waals surface area contributed by atoms with E-state index in [0.717, 1.165) is 43.7 Å². The molecule has 0 unspecified atom stereocenters. The number of piperidine rings is 1. The molecule has 1 saturated heterocycles. The first-order valence-electron chi connectivity index (χ1n) is 13.8. The minimum atomic E-state index is -0.659. The number of fused-ring (bicyclic) bond motifs is 1. The highest BCUT2D eigenvalue weighted by molar-refractivity contribution is 7.98. The zero-order valence-corrected chi connectivity index (χ0v) is 23.6. The van der Waals surface area contributed by atoms with Gasteiger partial charge in [-0.1, -0.05) is 26.8 Å². The number of rotatable bonds is 6. The lowest BCUT2D eigenvalue weighted by atomic mass is 9.46. The van der Waals surface area contributed by atoms with Crippen LogP contribution in [0.25, 0.3) is 0 Å². The van der Waals surface area contributed by atoms with Gasteiger partial charge >= 0.3 is 6.09 Å². The molecule has 37 heavy (non-hydrogen) atoms. The molecule has 1 aromatic rings. The van der Waals surface area contributed by atoms with Crippen LogP contribution in [-0.4, -0.2) is 65.3 Å². The molecule has 2 saturated carbocycles. The van der Waals surface area contributed by atoms with Crippen LogP contribution in [0, 0.1) is 28.6 Å². The van der Waals surface area contributed by atoms with Crippen molar-refractivity contribution >= 4 is 29.4 Å². The molecule has 2 aliphatic carbocycles. The van der Waals surface area contributed by atoms with Crippen molar-refractivity contribution in [2.75, 3.05) is 31.3 Å². The predicted molar refractivity (Wildman–Crippen MR) is 146 cm³/mol. The van der Waals surface area contributed by atoms with Gasteiger partial charge in [0.05, 0.1) is 12.7 Å². The van der Waals surface area contributed by atoms with Crippen LogP contribution in [0.4, 0.5) is 10.5 Å². The number of nitrogens with zero attached hydrogens (tertiary/aromatic N) is 1. The third kappa shape index (κ3) is 5.81. The van der Waals surface area contributed by atoms with Crippen LogP contribution in [-0.2, 0) is 9.53 Å². The van der Waals surface area contributed by atoms with Gasteiger partial charge in [0, 0.05) is 35.5 Å². The molecule has 7 nitrogen and oxygen atoms in total. The summed E-state index contributed by atoms with van der Waals surface area (Å²) in [6.45, 7) is 7.88. The van der Waals surface area contributed by atoms with Crippen molar-refractivity contribution in [3.05, 3.63) is 24.3 Å². The number of hydrogen-bond donors (Lipinski definition) is 3. The maximum absolute atomic E-state index is 13.3. The molecule has 3 N–H and O–H groups in total. The molecule has 206 valence electrons. The van der Waals surface area contributed by atoms with Crippen molar-refractivity contribution in [2.24, 2.45) is 28.6 Å². The largest absolute Gasteiger partial charge is 0.445 e. The molecule has 1 aromatic carbocycles. The number of carbonyl (C=O) groups is 2. The molecule has 0 spiro atoms. The Bertz CT molecular complexity index is 967. The minimum Gasteiger partial charge on any atom is -0.445 e. The standard InChI is InChI=1S/C29H44N2O5S/c1-19-11-14-31(15-12-19)26(34)17-22-23(33)8-9-24-28(22,2)13-10-25(29(24,3)18-32)36-27(35)30-20-6-5-7-21(16-20)37-4/h5-7,16,19,22-25,32-33H,8-15,17-18H2,1-4H3,(H,30,35)/t22-,23+,24-,25+,28-,29-/m0/s1. The molecule has 3 aliphatic rings. The van der Waals surface area contributed by atoms with E-state index in [-0.39, 0.29) is 29.8 Å². The highest BCUT2D eigenvalue weighted by Crippen LogP contribution is 2.61. The topological polar surface area (TPSA) is 99.1 Å². The van der Waals surface area contributed by atoms with E-state index in [0.29, 0.717) is 30.9 Å². The second-order valence-electron chi connectivity index (χ2n) is 12.0. The maximum atomic E-state index is 13.3. The van der Waals surface area contributed by atoms with Gasteiger partial charge in [-0.3, -0.25) is 10.1 Å². The second kappa shape index (κ2) is 11.5. The summed E-state index contributed by atoms with van der Waals surface area (Å²) in [6, 6.07) is 7.61. The minimum absolute atomic E-state index is 0.0268. The number of hydrogen-bond acceptors (Lipinski definition) is 6. The number of aliphatic hydroxyl groups excluding tert-OH is 2. The fourth-order valence-electron chi connectivity index (χ4n) is 7.33. The van der Waals surface area contributed by atoms with Crippen molar-refractivity contribution in [2.45, 2.75) is 82.8 Å². The molecule has 6 atom stereocenters. The number of ether oxygens (including phenoxy) is 1. The molecule has 1 aliphatic heterocycles. The van der Waals surface area contributed by atoms with Gasteiger partial charge in [0.25, 0.3) is 0 Å². The molecular weight excluding hydrogens is 488 g/mol. The quantitative estimate of drug-likeness (QED) is 0.438. The molecular formula is C29H44N2O5S. The molecule has 0 radical (unpaired) electrons. The van der Waals surface area contributed by atoms with Crippen LogP contribution in [0.15, 0.2) is 29.2 Å². The number of amides is 2. The summed E-state index contributed by atoms with van der Waals surface area (Å²) in [6.07, 6.45) is 5.52. The lowest BCUT2D eigenvalue weighted by Gasteiger charge is -2.60. The number of benzene rings is 1. The van der Waals surface area contributed by atoms with Crippen molar-refractivity contribution in [1.29, 1.82) is 0 Å². The van der Waals surface area contributed by atoms with Crippen molar-refractivity contribution in [3.63, 3.8) is 0 Å². The molecule has 0 bridgehead atoms. The van der Waals surface area contributed by atoms with E-state index in [2.05, 4.69) is 19.2 Å². The van der Waals surface area contributed by atoms with Gasteiger partial charge in [-0.25, -0.2) is 4.79 Å². The van der Waals surface area contributed by atoms with E-state index in [1.807, 2.05) is 42.3 Å². The van der Waals surface area contributed by atoms with E-state index in [4.69, 9.17) is 4.74 Å². The summed E-state index contributed by atoms with van der Waals surface area (Å²) in [4.78, 5) is 29.2. The summed E-state index contributed by atoms with van der Waals surface area (Å²) in [7, 11) is 0. The zero-order chi connectivity index (χ0) is 26.8. The summed E-state index contributed by atoms with van der Waals surface area (Å²) in [5.41, 5.74) is -0.306. The first-order chi connectivity index (χ1) is 17.6. The van der Waals surface area contributed by atoms with E-state index in [9.17, 15) is 19.8 Å². The fourth-order valence-corrected chi connectivity index (χ4v) is 7.79. The Kier molecular flexibility index (Phi) is 8.81. The van der Waals surface area contributed by atoms with Crippen LogP contribution in [0.1, 0.15) is 65.7 Å². The highest BCUT2D eigenvalue weighted by atomic mass is 32.2. The van der Waals surface area contributed by atoms with Crippen molar-refractivity contribution in [1.82, 2.24) is 4.90 Å². The molecule has 3 fully saturated rings. The number of nitrogens with one attached hydrogen (secondary N) is 1. The Balaban J connectivity index is 1.47. The van der Waals surface area contributed by atoms with E-state index < -0.39 is 23.7 Å². The van der Waals surface area contributed by atoms with Gasteiger partial charge in [0.15, 0.2) is 0 Å². The number of anilines is 1. The molecule has 0 aromatic heterocycles. The SMILES string of the molecule is CSc1cccc(NC(=O)O[C@@H]2CC[C@]3(C)[C@H](CC[C@@H](O)[C@@H]3CC(=O)N3CCC(C)CC3)[C@]2(C)CO)c1. The van der Waals surface area contributed by atoms with Crippen LogP contribution in [0.2, 0.25) is 0 Å². The zero-order valence-electron chi connectivity index (χ0n) is 22.7. The number of carbonyl (C=O) groups excluding carboxylic acids is 2. The average molecular weight is 533 g/mol. The maximum Gasteiger partial charge on any atom is 0.411 e. The van der Waals surface area contributed by atoms with Crippen LogP contribution < -0.4 is 5.32 Å². The number of aliphatic hydroxyl groups is 2. The Morgan fingerprint density at radius 3 is 2.57 bits per heavy atom. The Morgan fingerprint density at radius 1 is 1.16 bits per heavy atom. The van der Waals surface area contributed by atoms with Crippen LogP contribution in [0.3, 0.4) is 0 Å². The Hall–Kier alpha value is -1.77. The molecule has 4 rings (SSSR count). The number of likely N-dealkylation sites (tertiary alicyclic amines) is 1. The predicted octanol–water partition coefficient (Wildman–Crippen LogP) is 5.16. The first-order valence-corrected chi connectivity index (χ1v) is 15.0. The van der Waals surface area contributed by atoms with E-state index in [1.54, 1.807) is 11.8 Å². The Labute approximate surface area is 225 Å². The third-order valence-corrected chi connectivity index (χ3v) is 10.5. The van der Waals surface area contributed by atoms with Gasteiger partial charge < -0.3 is 19.8 Å². The van der Waals surface area contributed by atoms with Gasteiger partial charge in [0.1, 0.15) is 6.10 Å².